The molecule has 0 radical (unpaired) electrons. The van der Waals surface area contributed by atoms with Gasteiger partial charge in [0.25, 0.3) is 0 Å². The van der Waals surface area contributed by atoms with Crippen LogP contribution in [0.5, 0.6) is 0 Å². The Morgan fingerprint density at radius 2 is 1.69 bits per heavy atom. The lowest BCUT2D eigenvalue weighted by molar-refractivity contribution is -0.132. The number of piperazine rings is 1. The lowest BCUT2D eigenvalue weighted by atomic mass is 10.2. The SMILES string of the molecule is O=C(CCNS(=O)(=O)C1CCCC1)N1CCN(Cc2ccccc2)CC1. The average Bonchev–Trinajstić information content (AvgIpc) is 3.19. The van der Waals surface area contributed by atoms with Crippen LogP contribution in [0.4, 0.5) is 0 Å². The van der Waals surface area contributed by atoms with E-state index in [-0.39, 0.29) is 24.1 Å². The van der Waals surface area contributed by atoms with E-state index in [1.165, 1.54) is 5.56 Å². The van der Waals surface area contributed by atoms with Gasteiger partial charge in [0.05, 0.1) is 5.25 Å². The van der Waals surface area contributed by atoms with E-state index in [4.69, 9.17) is 0 Å². The maximum atomic E-state index is 12.3. The summed E-state index contributed by atoms with van der Waals surface area (Å²) >= 11 is 0. The summed E-state index contributed by atoms with van der Waals surface area (Å²) in [6.45, 7) is 4.25. The van der Waals surface area contributed by atoms with Crippen molar-refractivity contribution in [1.29, 1.82) is 0 Å². The first-order valence-corrected chi connectivity index (χ1v) is 11.1. The largest absolute Gasteiger partial charge is 0.340 e. The van der Waals surface area contributed by atoms with Gasteiger partial charge >= 0.3 is 0 Å². The minimum Gasteiger partial charge on any atom is -0.340 e. The zero-order valence-corrected chi connectivity index (χ0v) is 16.1. The van der Waals surface area contributed by atoms with Crippen molar-refractivity contribution < 1.29 is 13.2 Å². The van der Waals surface area contributed by atoms with Crippen molar-refractivity contribution in [2.24, 2.45) is 0 Å². The Morgan fingerprint density at radius 1 is 1.04 bits per heavy atom. The molecule has 2 aliphatic rings. The third-order valence-corrected chi connectivity index (χ3v) is 7.31. The van der Waals surface area contributed by atoms with Crippen LogP contribution >= 0.6 is 0 Å². The summed E-state index contributed by atoms with van der Waals surface area (Å²) in [6, 6.07) is 10.3. The molecule has 1 saturated heterocycles. The average molecular weight is 380 g/mol. The van der Waals surface area contributed by atoms with E-state index in [0.717, 1.165) is 45.3 Å². The van der Waals surface area contributed by atoms with Gasteiger partial charge in [0.2, 0.25) is 15.9 Å². The molecule has 0 aromatic heterocycles. The molecule has 1 aromatic carbocycles. The van der Waals surface area contributed by atoms with Gasteiger partial charge in [0.1, 0.15) is 0 Å². The molecule has 26 heavy (non-hydrogen) atoms. The number of benzene rings is 1. The van der Waals surface area contributed by atoms with Crippen molar-refractivity contribution in [3.8, 4) is 0 Å². The third-order valence-electron chi connectivity index (χ3n) is 5.36. The van der Waals surface area contributed by atoms with Gasteiger partial charge < -0.3 is 4.90 Å². The maximum absolute atomic E-state index is 12.3. The number of nitrogens with one attached hydrogen (secondary N) is 1. The summed E-state index contributed by atoms with van der Waals surface area (Å²) < 4.78 is 27.0. The molecule has 3 rings (SSSR count). The molecule has 1 N–H and O–H groups in total. The first-order valence-electron chi connectivity index (χ1n) is 9.57. The molecule has 1 aliphatic heterocycles. The Labute approximate surface area is 156 Å². The van der Waals surface area contributed by atoms with Crippen LogP contribution in [0, 0.1) is 0 Å². The second-order valence-electron chi connectivity index (χ2n) is 7.24. The summed E-state index contributed by atoms with van der Waals surface area (Å²) in [6.07, 6.45) is 3.69. The normalized spacial score (nSPS) is 19.8. The minimum atomic E-state index is -3.26. The van der Waals surface area contributed by atoms with Gasteiger partial charge in [0, 0.05) is 45.7 Å². The molecule has 7 heteroatoms. The van der Waals surface area contributed by atoms with Gasteiger partial charge in [-0.25, -0.2) is 13.1 Å². The topological polar surface area (TPSA) is 69.7 Å². The van der Waals surface area contributed by atoms with Crippen LogP contribution in [0.2, 0.25) is 0 Å². The van der Waals surface area contributed by atoms with Crippen molar-refractivity contribution in [1.82, 2.24) is 14.5 Å². The number of rotatable bonds is 7. The summed E-state index contributed by atoms with van der Waals surface area (Å²) in [4.78, 5) is 16.5. The van der Waals surface area contributed by atoms with Gasteiger partial charge in [-0.05, 0) is 18.4 Å². The number of sulfonamides is 1. The molecule has 6 nitrogen and oxygen atoms in total. The molecule has 0 bridgehead atoms. The summed E-state index contributed by atoms with van der Waals surface area (Å²) in [5, 5.41) is -0.265. The van der Waals surface area contributed by atoms with E-state index in [2.05, 4.69) is 21.8 Å². The number of carbonyl (C=O) groups is 1. The van der Waals surface area contributed by atoms with E-state index < -0.39 is 10.0 Å². The van der Waals surface area contributed by atoms with Crippen LogP contribution in [-0.4, -0.2) is 62.1 Å². The second-order valence-corrected chi connectivity index (χ2v) is 9.28. The highest BCUT2D eigenvalue weighted by atomic mass is 32.2. The Hall–Kier alpha value is -1.44. The third kappa shape index (κ3) is 5.28. The predicted octanol–water partition coefficient (Wildman–Crippen LogP) is 1.58. The summed E-state index contributed by atoms with van der Waals surface area (Å²) in [5.41, 5.74) is 1.29. The smallest absolute Gasteiger partial charge is 0.223 e. The lowest BCUT2D eigenvalue weighted by Crippen LogP contribution is -2.48. The Morgan fingerprint density at radius 3 is 2.35 bits per heavy atom. The van der Waals surface area contributed by atoms with E-state index in [9.17, 15) is 13.2 Å². The molecule has 1 saturated carbocycles. The highest BCUT2D eigenvalue weighted by Gasteiger charge is 2.28. The van der Waals surface area contributed by atoms with Crippen molar-refractivity contribution >= 4 is 15.9 Å². The molecule has 0 spiro atoms. The molecular weight excluding hydrogens is 350 g/mol. The zero-order chi connectivity index (χ0) is 18.4. The predicted molar refractivity (Wildman–Crippen MR) is 102 cm³/mol. The van der Waals surface area contributed by atoms with Gasteiger partial charge in [-0.2, -0.15) is 0 Å². The Bertz CT molecular complexity index is 679. The van der Waals surface area contributed by atoms with Crippen LogP contribution in [0.25, 0.3) is 0 Å². The van der Waals surface area contributed by atoms with Crippen molar-refractivity contribution in [2.45, 2.75) is 43.9 Å². The van der Waals surface area contributed by atoms with E-state index in [1.54, 1.807) is 0 Å². The van der Waals surface area contributed by atoms with Gasteiger partial charge in [-0.15, -0.1) is 0 Å². The standard InChI is InChI=1S/C19H29N3O3S/c23-19(10-11-20-26(24,25)18-8-4-5-9-18)22-14-12-21(13-15-22)16-17-6-2-1-3-7-17/h1-3,6-7,18,20H,4-5,8-16H2. The number of carbonyl (C=O) groups excluding carboxylic acids is 1. The van der Waals surface area contributed by atoms with Crippen LogP contribution in [0.1, 0.15) is 37.7 Å². The maximum Gasteiger partial charge on any atom is 0.223 e. The Kier molecular flexibility index (Phi) is 6.67. The Balaban J connectivity index is 1.37. The summed E-state index contributed by atoms with van der Waals surface area (Å²) in [5.74, 6) is 0.0403. The van der Waals surface area contributed by atoms with Crippen LogP contribution in [0.3, 0.4) is 0 Å². The van der Waals surface area contributed by atoms with E-state index >= 15 is 0 Å². The fraction of sp³-hybridized carbons (Fsp3) is 0.632. The summed E-state index contributed by atoms with van der Waals surface area (Å²) in [7, 11) is -3.26. The van der Waals surface area contributed by atoms with Gasteiger partial charge in [0.15, 0.2) is 0 Å². The monoisotopic (exact) mass is 379 g/mol. The molecule has 1 aromatic rings. The lowest BCUT2D eigenvalue weighted by Gasteiger charge is -2.34. The molecule has 1 heterocycles. The van der Waals surface area contributed by atoms with Gasteiger partial charge in [-0.1, -0.05) is 43.2 Å². The van der Waals surface area contributed by atoms with Crippen molar-refractivity contribution in [2.75, 3.05) is 32.7 Å². The zero-order valence-electron chi connectivity index (χ0n) is 15.3. The van der Waals surface area contributed by atoms with Crippen LogP contribution in [0.15, 0.2) is 30.3 Å². The molecular formula is C19H29N3O3S. The molecule has 1 amide bonds. The quantitative estimate of drug-likeness (QED) is 0.781. The molecule has 0 unspecified atom stereocenters. The molecule has 1 aliphatic carbocycles. The first kappa shape index (κ1) is 19.3. The van der Waals surface area contributed by atoms with Crippen LogP contribution < -0.4 is 4.72 Å². The van der Waals surface area contributed by atoms with E-state index in [1.807, 2.05) is 23.1 Å². The fourth-order valence-corrected chi connectivity index (χ4v) is 5.35. The number of hydrogen-bond donors (Lipinski definition) is 1. The molecule has 0 atom stereocenters. The van der Waals surface area contributed by atoms with Crippen molar-refractivity contribution in [3.05, 3.63) is 35.9 Å². The second kappa shape index (κ2) is 8.97. The molecule has 144 valence electrons. The fourth-order valence-electron chi connectivity index (χ4n) is 3.77. The van der Waals surface area contributed by atoms with Gasteiger partial charge in [-0.3, -0.25) is 9.69 Å². The van der Waals surface area contributed by atoms with Crippen molar-refractivity contribution in [3.63, 3.8) is 0 Å². The number of nitrogens with zero attached hydrogens (tertiary/aromatic N) is 2. The van der Waals surface area contributed by atoms with E-state index in [0.29, 0.717) is 13.1 Å². The number of hydrogen-bond acceptors (Lipinski definition) is 4. The molecule has 2 fully saturated rings. The van der Waals surface area contributed by atoms with Crippen LogP contribution in [-0.2, 0) is 21.4 Å². The highest BCUT2D eigenvalue weighted by Crippen LogP contribution is 2.23. The highest BCUT2D eigenvalue weighted by molar-refractivity contribution is 7.90. The number of amides is 1. The first-order chi connectivity index (χ1) is 12.5. The minimum absolute atomic E-state index is 0.0403.